The quantitative estimate of drug-likeness (QED) is 0.880. The van der Waals surface area contributed by atoms with E-state index in [4.69, 9.17) is 23.2 Å². The summed E-state index contributed by atoms with van der Waals surface area (Å²) in [5.74, 6) is -0.371. The van der Waals surface area contributed by atoms with Gasteiger partial charge in [0.2, 0.25) is 5.91 Å². The van der Waals surface area contributed by atoms with Crippen molar-refractivity contribution >= 4 is 34.8 Å². The minimum Gasteiger partial charge on any atom is -0.321 e. The largest absolute Gasteiger partial charge is 0.321 e. The first kappa shape index (κ1) is 14.7. The first-order valence-electron chi connectivity index (χ1n) is 5.70. The molecule has 0 spiro atoms. The number of rotatable bonds is 4. The molecule has 1 aromatic heterocycles. The van der Waals surface area contributed by atoms with E-state index in [2.05, 4.69) is 15.3 Å². The summed E-state index contributed by atoms with van der Waals surface area (Å²) in [6.07, 6.45) is 1.21. The predicted molar refractivity (Wildman–Crippen MR) is 75.6 cm³/mol. The van der Waals surface area contributed by atoms with Crippen molar-refractivity contribution in [3.63, 3.8) is 0 Å². The summed E-state index contributed by atoms with van der Waals surface area (Å²) in [5.41, 5.74) is 1.24. The summed E-state index contributed by atoms with van der Waals surface area (Å²) >= 11 is 11.6. The van der Waals surface area contributed by atoms with Crippen LogP contribution in [0.5, 0.6) is 0 Å². The number of hydrogen-bond donors (Lipinski definition) is 1. The highest BCUT2D eigenvalue weighted by Crippen LogP contribution is 2.25. The number of aromatic nitrogens is 2. The Kier molecular flexibility index (Phi) is 4.87. The minimum atomic E-state index is -0.626. The second kappa shape index (κ2) is 6.63. The highest BCUT2D eigenvalue weighted by atomic mass is 35.5. The topological polar surface area (TPSA) is 54.9 Å². The number of carbonyl (C=O) groups is 1. The molecule has 0 aliphatic heterocycles. The van der Waals surface area contributed by atoms with Crippen molar-refractivity contribution in [1.29, 1.82) is 0 Å². The van der Waals surface area contributed by atoms with E-state index in [1.807, 2.05) is 0 Å². The summed E-state index contributed by atoms with van der Waals surface area (Å²) in [6, 6.07) is 6.79. The molecule has 1 heterocycles. The number of alkyl halides is 1. The fourth-order valence-corrected chi connectivity index (χ4v) is 2.07. The van der Waals surface area contributed by atoms with Crippen LogP contribution in [0, 0.1) is 0 Å². The first-order chi connectivity index (χ1) is 9.61. The standard InChI is InChI=1S/C13H10Cl2FN3O/c14-12-11(13(15)18-7-17-12)19-10(20)5-8-3-1-2-4-9(8)6-16/h1-4,7H,5-6H2,(H,19,20). The van der Waals surface area contributed by atoms with E-state index in [1.54, 1.807) is 24.3 Å². The second-order valence-corrected chi connectivity index (χ2v) is 4.67. The molecule has 104 valence electrons. The van der Waals surface area contributed by atoms with Gasteiger partial charge in [-0.05, 0) is 11.1 Å². The van der Waals surface area contributed by atoms with Crippen molar-refractivity contribution in [2.24, 2.45) is 0 Å². The van der Waals surface area contributed by atoms with Gasteiger partial charge in [-0.3, -0.25) is 4.79 Å². The molecule has 0 radical (unpaired) electrons. The normalized spacial score (nSPS) is 10.3. The monoisotopic (exact) mass is 313 g/mol. The summed E-state index contributed by atoms with van der Waals surface area (Å²) in [4.78, 5) is 19.4. The SMILES string of the molecule is O=C(Cc1ccccc1CF)Nc1c(Cl)ncnc1Cl. The Morgan fingerprint density at radius 1 is 1.15 bits per heavy atom. The van der Waals surface area contributed by atoms with Crippen LogP contribution < -0.4 is 5.32 Å². The van der Waals surface area contributed by atoms with Crippen molar-refractivity contribution < 1.29 is 9.18 Å². The lowest BCUT2D eigenvalue weighted by molar-refractivity contribution is -0.115. The average Bonchev–Trinajstić information content (AvgIpc) is 2.44. The van der Waals surface area contributed by atoms with Crippen LogP contribution in [0.2, 0.25) is 10.3 Å². The number of carbonyl (C=O) groups excluding carboxylic acids is 1. The maximum absolute atomic E-state index is 12.8. The van der Waals surface area contributed by atoms with Crippen molar-refractivity contribution in [2.75, 3.05) is 5.32 Å². The van der Waals surface area contributed by atoms with Gasteiger partial charge < -0.3 is 5.32 Å². The number of benzene rings is 1. The Balaban J connectivity index is 2.13. The lowest BCUT2D eigenvalue weighted by Crippen LogP contribution is -2.16. The predicted octanol–water partition coefficient (Wildman–Crippen LogP) is 3.43. The van der Waals surface area contributed by atoms with Crippen LogP contribution >= 0.6 is 23.2 Å². The smallest absolute Gasteiger partial charge is 0.228 e. The van der Waals surface area contributed by atoms with E-state index < -0.39 is 6.67 Å². The number of anilines is 1. The third-order valence-electron chi connectivity index (χ3n) is 2.63. The number of halogens is 3. The first-order valence-corrected chi connectivity index (χ1v) is 6.46. The van der Waals surface area contributed by atoms with Crippen molar-refractivity contribution in [2.45, 2.75) is 13.1 Å². The Morgan fingerprint density at radius 3 is 2.35 bits per heavy atom. The molecule has 1 N–H and O–H groups in total. The van der Waals surface area contributed by atoms with Gasteiger partial charge >= 0.3 is 0 Å². The van der Waals surface area contributed by atoms with Crippen LogP contribution in [0.3, 0.4) is 0 Å². The molecule has 0 atom stereocenters. The molecule has 0 saturated carbocycles. The van der Waals surface area contributed by atoms with E-state index in [9.17, 15) is 9.18 Å². The van der Waals surface area contributed by atoms with Crippen molar-refractivity contribution in [1.82, 2.24) is 9.97 Å². The van der Waals surface area contributed by atoms with Crippen LogP contribution in [0.4, 0.5) is 10.1 Å². The highest BCUT2D eigenvalue weighted by molar-refractivity contribution is 6.38. The zero-order chi connectivity index (χ0) is 14.5. The van der Waals surface area contributed by atoms with E-state index >= 15 is 0 Å². The van der Waals surface area contributed by atoms with Gasteiger partial charge in [-0.25, -0.2) is 14.4 Å². The molecule has 0 aliphatic rings. The molecule has 0 unspecified atom stereocenters. The molecule has 7 heteroatoms. The fourth-order valence-electron chi connectivity index (χ4n) is 1.66. The Morgan fingerprint density at radius 2 is 1.75 bits per heavy atom. The van der Waals surface area contributed by atoms with E-state index in [0.29, 0.717) is 11.1 Å². The minimum absolute atomic E-state index is 0.0155. The molecule has 1 amide bonds. The third-order valence-corrected chi connectivity index (χ3v) is 3.21. The van der Waals surface area contributed by atoms with Gasteiger partial charge in [0.15, 0.2) is 10.3 Å². The molecule has 0 saturated heterocycles. The van der Waals surface area contributed by atoms with Crippen molar-refractivity contribution in [3.8, 4) is 0 Å². The van der Waals surface area contributed by atoms with Gasteiger partial charge in [0, 0.05) is 0 Å². The van der Waals surface area contributed by atoms with Crippen LogP contribution in [-0.4, -0.2) is 15.9 Å². The Labute approximate surface area is 125 Å². The van der Waals surface area contributed by atoms with Crippen molar-refractivity contribution in [3.05, 3.63) is 52.0 Å². The van der Waals surface area contributed by atoms with E-state index in [0.717, 1.165) is 0 Å². The van der Waals surface area contributed by atoms with Gasteiger partial charge in [0.25, 0.3) is 0 Å². The van der Waals surface area contributed by atoms with Crippen LogP contribution in [0.15, 0.2) is 30.6 Å². The number of hydrogen-bond acceptors (Lipinski definition) is 3. The van der Waals surface area contributed by atoms with Gasteiger partial charge in [0.05, 0.1) is 6.42 Å². The average molecular weight is 314 g/mol. The summed E-state index contributed by atoms with van der Waals surface area (Å²) in [7, 11) is 0. The lowest BCUT2D eigenvalue weighted by atomic mass is 10.1. The molecular weight excluding hydrogens is 304 g/mol. The molecule has 2 rings (SSSR count). The van der Waals surface area contributed by atoms with Gasteiger partial charge in [-0.15, -0.1) is 0 Å². The van der Waals surface area contributed by atoms with Gasteiger partial charge in [-0.2, -0.15) is 0 Å². The number of amides is 1. The summed E-state index contributed by atoms with van der Waals surface area (Å²) in [5, 5.41) is 2.63. The Bertz CT molecular complexity index is 617. The second-order valence-electron chi connectivity index (χ2n) is 3.96. The number of nitrogens with zero attached hydrogens (tertiary/aromatic N) is 2. The zero-order valence-electron chi connectivity index (χ0n) is 10.2. The fraction of sp³-hybridized carbons (Fsp3) is 0.154. The zero-order valence-corrected chi connectivity index (χ0v) is 11.7. The Hall–Kier alpha value is -1.72. The molecule has 0 aliphatic carbocycles. The van der Waals surface area contributed by atoms with Gasteiger partial charge in [0.1, 0.15) is 18.7 Å². The summed E-state index contributed by atoms with van der Waals surface area (Å²) < 4.78 is 12.8. The molecule has 0 fully saturated rings. The van der Waals surface area contributed by atoms with Crippen LogP contribution in [-0.2, 0) is 17.9 Å². The van der Waals surface area contributed by atoms with Gasteiger partial charge in [-0.1, -0.05) is 47.5 Å². The van der Waals surface area contributed by atoms with Crippen LogP contribution in [0.1, 0.15) is 11.1 Å². The third kappa shape index (κ3) is 3.43. The maximum atomic E-state index is 12.8. The number of nitrogens with one attached hydrogen (secondary N) is 1. The molecular formula is C13H10Cl2FN3O. The van der Waals surface area contributed by atoms with E-state index in [-0.39, 0.29) is 28.3 Å². The highest BCUT2D eigenvalue weighted by Gasteiger charge is 2.13. The summed E-state index contributed by atoms with van der Waals surface area (Å²) in [6.45, 7) is -0.626. The lowest BCUT2D eigenvalue weighted by Gasteiger charge is -2.09. The molecule has 20 heavy (non-hydrogen) atoms. The molecule has 1 aromatic carbocycles. The molecule has 4 nitrogen and oxygen atoms in total. The van der Waals surface area contributed by atoms with Crippen LogP contribution in [0.25, 0.3) is 0 Å². The van der Waals surface area contributed by atoms with E-state index in [1.165, 1.54) is 6.33 Å². The maximum Gasteiger partial charge on any atom is 0.228 e. The molecule has 0 bridgehead atoms. The molecule has 2 aromatic rings.